The molecular weight excluding hydrogens is 300 g/mol. The Morgan fingerprint density at radius 2 is 1.76 bits per heavy atom. The Kier molecular flexibility index (Phi) is 5.01. The minimum atomic E-state index is -0.880. The third-order valence-corrected chi connectivity index (χ3v) is 5.87. The lowest BCUT2D eigenvalue weighted by Gasteiger charge is -2.25. The smallest absolute Gasteiger partial charge is 0.335 e. The van der Waals surface area contributed by atoms with Gasteiger partial charge in [-0.3, -0.25) is 0 Å². The number of rotatable bonds is 5. The highest BCUT2D eigenvalue weighted by molar-refractivity contribution is 8.32. The standard InChI is InChI=1S/C17H20O2S2/c1-21(2,3)16-9-7-13(8-10-16)12-20-15-6-4-5-14(11-15)17(18)19/h4-11H,12H2,1-3H3,(H,18,19). The lowest BCUT2D eigenvalue weighted by molar-refractivity contribution is 0.0696. The number of aromatic carboxylic acids is 1. The van der Waals surface area contributed by atoms with Gasteiger partial charge in [-0.1, -0.05) is 18.2 Å². The highest BCUT2D eigenvalue weighted by Gasteiger charge is 2.08. The third-order valence-electron chi connectivity index (χ3n) is 3.12. The SMILES string of the molecule is CS(C)(C)c1ccc(CSc2cccc(C(=O)O)c2)cc1. The van der Waals surface area contributed by atoms with Crippen LogP contribution >= 0.6 is 21.8 Å². The maximum atomic E-state index is 11.0. The second-order valence-corrected chi connectivity index (χ2v) is 10.8. The van der Waals surface area contributed by atoms with E-state index in [4.69, 9.17) is 5.11 Å². The van der Waals surface area contributed by atoms with E-state index in [1.807, 2.05) is 6.07 Å². The molecular formula is C17H20O2S2. The first kappa shape index (κ1) is 16.0. The van der Waals surface area contributed by atoms with Crippen LogP contribution in [0.4, 0.5) is 0 Å². The van der Waals surface area contributed by atoms with Crippen LogP contribution in [0.1, 0.15) is 15.9 Å². The largest absolute Gasteiger partial charge is 0.478 e. The predicted molar refractivity (Wildman–Crippen MR) is 93.0 cm³/mol. The van der Waals surface area contributed by atoms with E-state index in [9.17, 15) is 4.79 Å². The summed E-state index contributed by atoms with van der Waals surface area (Å²) in [4.78, 5) is 13.3. The van der Waals surface area contributed by atoms with Crippen LogP contribution in [0.25, 0.3) is 0 Å². The van der Waals surface area contributed by atoms with Gasteiger partial charge in [0.15, 0.2) is 0 Å². The zero-order valence-corrected chi connectivity index (χ0v) is 14.1. The van der Waals surface area contributed by atoms with Crippen molar-refractivity contribution < 1.29 is 9.90 Å². The Morgan fingerprint density at radius 1 is 1.10 bits per heavy atom. The zero-order valence-electron chi connectivity index (χ0n) is 12.5. The van der Waals surface area contributed by atoms with Gasteiger partial charge in [-0.15, -0.1) is 11.8 Å². The van der Waals surface area contributed by atoms with Crippen molar-refractivity contribution in [3.63, 3.8) is 0 Å². The van der Waals surface area contributed by atoms with Crippen molar-refractivity contribution in [1.82, 2.24) is 0 Å². The molecule has 2 aromatic carbocycles. The molecule has 0 atom stereocenters. The van der Waals surface area contributed by atoms with Crippen molar-refractivity contribution >= 4 is 27.8 Å². The molecule has 0 saturated heterocycles. The van der Waals surface area contributed by atoms with Crippen molar-refractivity contribution in [3.8, 4) is 0 Å². The summed E-state index contributed by atoms with van der Waals surface area (Å²) in [5.41, 5.74) is 1.60. The van der Waals surface area contributed by atoms with E-state index in [1.165, 1.54) is 10.5 Å². The first-order valence-electron chi connectivity index (χ1n) is 6.60. The van der Waals surface area contributed by atoms with Gasteiger partial charge in [0.05, 0.1) is 5.56 Å². The molecule has 1 N–H and O–H groups in total. The number of carboxylic acid groups (broad SMARTS) is 1. The first-order chi connectivity index (χ1) is 9.86. The molecule has 21 heavy (non-hydrogen) atoms. The van der Waals surface area contributed by atoms with E-state index >= 15 is 0 Å². The molecule has 0 saturated carbocycles. The van der Waals surface area contributed by atoms with Crippen LogP contribution in [0.2, 0.25) is 0 Å². The molecule has 0 radical (unpaired) electrons. The fraction of sp³-hybridized carbons (Fsp3) is 0.235. The van der Waals surface area contributed by atoms with Crippen LogP contribution in [0.15, 0.2) is 58.3 Å². The zero-order chi connectivity index (χ0) is 15.5. The minimum absolute atomic E-state index is 0.340. The summed E-state index contributed by atoms with van der Waals surface area (Å²) in [6.45, 7) is 0. The summed E-state index contributed by atoms with van der Waals surface area (Å²) in [5, 5.41) is 8.99. The molecule has 112 valence electrons. The highest BCUT2D eigenvalue weighted by atomic mass is 32.3. The number of carbonyl (C=O) groups is 1. The molecule has 2 aromatic rings. The van der Waals surface area contributed by atoms with Gasteiger partial charge in [0.1, 0.15) is 0 Å². The van der Waals surface area contributed by atoms with Crippen molar-refractivity contribution in [2.75, 3.05) is 18.8 Å². The van der Waals surface area contributed by atoms with Crippen LogP contribution in [0.5, 0.6) is 0 Å². The second kappa shape index (κ2) is 6.58. The van der Waals surface area contributed by atoms with E-state index in [0.717, 1.165) is 10.6 Å². The Morgan fingerprint density at radius 3 is 2.33 bits per heavy atom. The van der Waals surface area contributed by atoms with Crippen LogP contribution in [-0.2, 0) is 5.75 Å². The number of carboxylic acids is 1. The second-order valence-electron chi connectivity index (χ2n) is 5.60. The Bertz CT molecular complexity index is 628. The molecule has 0 heterocycles. The molecule has 0 amide bonds. The molecule has 0 bridgehead atoms. The van der Waals surface area contributed by atoms with E-state index in [1.54, 1.807) is 30.0 Å². The summed E-state index contributed by atoms with van der Waals surface area (Å²) in [7, 11) is -0.674. The highest BCUT2D eigenvalue weighted by Crippen LogP contribution is 2.45. The van der Waals surface area contributed by atoms with Crippen LogP contribution in [0, 0.1) is 0 Å². The number of hydrogen-bond acceptors (Lipinski definition) is 2. The normalized spacial score (nSPS) is 12.1. The van der Waals surface area contributed by atoms with Gasteiger partial charge in [-0.05, 0) is 59.6 Å². The van der Waals surface area contributed by atoms with Crippen molar-refractivity contribution in [2.24, 2.45) is 0 Å². The van der Waals surface area contributed by atoms with E-state index < -0.39 is 16.0 Å². The maximum Gasteiger partial charge on any atom is 0.335 e. The number of thioether (sulfide) groups is 1. The summed E-state index contributed by atoms with van der Waals surface area (Å²) < 4.78 is 0. The molecule has 2 nitrogen and oxygen atoms in total. The fourth-order valence-electron chi connectivity index (χ4n) is 1.88. The van der Waals surface area contributed by atoms with E-state index in [0.29, 0.717) is 5.56 Å². The average Bonchev–Trinajstić information content (AvgIpc) is 2.45. The summed E-state index contributed by atoms with van der Waals surface area (Å²) in [5.74, 6) is -0.0296. The predicted octanol–water partition coefficient (Wildman–Crippen LogP) is 4.73. The maximum absolute atomic E-state index is 11.0. The Balaban J connectivity index is 2.03. The molecule has 0 aliphatic rings. The van der Waals surface area contributed by atoms with Gasteiger partial charge in [-0.25, -0.2) is 14.8 Å². The van der Waals surface area contributed by atoms with Gasteiger partial charge in [-0.2, -0.15) is 0 Å². The lowest BCUT2D eigenvalue weighted by atomic mass is 10.2. The molecule has 0 unspecified atom stereocenters. The van der Waals surface area contributed by atoms with Crippen LogP contribution in [-0.4, -0.2) is 29.8 Å². The van der Waals surface area contributed by atoms with Crippen molar-refractivity contribution in [3.05, 3.63) is 59.7 Å². The number of hydrogen-bond donors (Lipinski definition) is 1. The van der Waals surface area contributed by atoms with E-state index in [-0.39, 0.29) is 0 Å². The molecule has 0 aromatic heterocycles. The fourth-order valence-corrected chi connectivity index (χ4v) is 3.74. The molecule has 4 heteroatoms. The number of benzene rings is 2. The van der Waals surface area contributed by atoms with E-state index in [2.05, 4.69) is 43.0 Å². The summed E-state index contributed by atoms with van der Waals surface area (Å²) >= 11 is 1.66. The average molecular weight is 320 g/mol. The summed E-state index contributed by atoms with van der Waals surface area (Å²) in [6.07, 6.45) is 6.86. The Labute approximate surface area is 131 Å². The monoisotopic (exact) mass is 320 g/mol. The molecule has 0 fully saturated rings. The minimum Gasteiger partial charge on any atom is -0.478 e. The molecule has 0 aliphatic carbocycles. The van der Waals surface area contributed by atoms with Gasteiger partial charge in [0.2, 0.25) is 0 Å². The quantitative estimate of drug-likeness (QED) is 0.809. The molecule has 0 aliphatic heterocycles. The molecule has 0 spiro atoms. The van der Waals surface area contributed by atoms with Gasteiger partial charge < -0.3 is 5.11 Å². The van der Waals surface area contributed by atoms with Crippen molar-refractivity contribution in [2.45, 2.75) is 15.5 Å². The van der Waals surface area contributed by atoms with Crippen LogP contribution in [0.3, 0.4) is 0 Å². The summed E-state index contributed by atoms with van der Waals surface area (Å²) in [6, 6.07) is 15.8. The molecule has 2 rings (SSSR count). The van der Waals surface area contributed by atoms with Gasteiger partial charge in [0.25, 0.3) is 0 Å². The van der Waals surface area contributed by atoms with Crippen LogP contribution < -0.4 is 0 Å². The van der Waals surface area contributed by atoms with Crippen molar-refractivity contribution in [1.29, 1.82) is 0 Å². The third kappa shape index (κ3) is 4.55. The first-order valence-corrected chi connectivity index (χ1v) is 10.4. The van der Waals surface area contributed by atoms with Gasteiger partial charge >= 0.3 is 5.97 Å². The van der Waals surface area contributed by atoms with Gasteiger partial charge in [0, 0.05) is 10.6 Å². The lowest BCUT2D eigenvalue weighted by Crippen LogP contribution is -1.95. The topological polar surface area (TPSA) is 37.3 Å². The Hall–Kier alpha value is -1.39.